The van der Waals surface area contributed by atoms with Crippen LogP contribution < -0.4 is 0 Å². The van der Waals surface area contributed by atoms with Crippen molar-refractivity contribution in [2.75, 3.05) is 26.7 Å². The summed E-state index contributed by atoms with van der Waals surface area (Å²) < 4.78 is 0. The molecule has 0 aliphatic carbocycles. The second-order valence-electron chi connectivity index (χ2n) is 5.35. The number of likely N-dealkylation sites (N-methyl/N-ethyl adjacent to an activating group) is 2. The second kappa shape index (κ2) is 7.11. The summed E-state index contributed by atoms with van der Waals surface area (Å²) in [5.74, 6) is -0.0648. The Hall–Kier alpha value is -2.30. The van der Waals surface area contributed by atoms with E-state index < -0.39 is 0 Å². The van der Waals surface area contributed by atoms with E-state index in [1.807, 2.05) is 44.3 Å². The predicted molar refractivity (Wildman–Crippen MR) is 87.6 cm³/mol. The first-order valence-corrected chi connectivity index (χ1v) is 7.63. The minimum atomic E-state index is -0.0507. The van der Waals surface area contributed by atoms with Gasteiger partial charge in [-0.1, -0.05) is 18.2 Å². The van der Waals surface area contributed by atoms with Crippen molar-refractivity contribution >= 4 is 22.7 Å². The molecule has 0 unspecified atom stereocenters. The van der Waals surface area contributed by atoms with Crippen molar-refractivity contribution in [2.45, 2.75) is 20.3 Å². The highest BCUT2D eigenvalue weighted by Crippen LogP contribution is 2.18. The third kappa shape index (κ3) is 3.47. The van der Waals surface area contributed by atoms with Gasteiger partial charge in [0.1, 0.15) is 0 Å². The topological polar surface area (TPSA) is 56.4 Å². The molecule has 2 rings (SSSR count). The summed E-state index contributed by atoms with van der Waals surface area (Å²) in [6.07, 6.45) is 2.16. The first-order chi connectivity index (χ1) is 10.6. The Bertz CT molecular complexity index is 659. The van der Waals surface area contributed by atoms with E-state index in [9.17, 15) is 9.59 Å². The molecule has 2 amide bonds. The van der Waals surface area contributed by atoms with Crippen LogP contribution in [0.25, 0.3) is 10.9 Å². The Balaban J connectivity index is 2.01. The molecular formula is C17H23N3O2. The van der Waals surface area contributed by atoms with Gasteiger partial charge in [-0.15, -0.1) is 0 Å². The van der Waals surface area contributed by atoms with Crippen LogP contribution in [0.5, 0.6) is 0 Å². The van der Waals surface area contributed by atoms with Crippen molar-refractivity contribution in [1.82, 2.24) is 14.8 Å². The smallest absolute Gasteiger partial charge is 0.242 e. The summed E-state index contributed by atoms with van der Waals surface area (Å²) in [5, 5.41) is 1.05. The van der Waals surface area contributed by atoms with E-state index in [1.54, 1.807) is 11.9 Å². The highest BCUT2D eigenvalue weighted by atomic mass is 16.2. The van der Waals surface area contributed by atoms with Crippen molar-refractivity contribution in [3.05, 3.63) is 36.0 Å². The quantitative estimate of drug-likeness (QED) is 0.887. The van der Waals surface area contributed by atoms with Crippen LogP contribution in [0.3, 0.4) is 0 Å². The van der Waals surface area contributed by atoms with E-state index >= 15 is 0 Å². The molecule has 5 nitrogen and oxygen atoms in total. The molecule has 0 bridgehead atoms. The molecule has 1 heterocycles. The molecule has 0 spiro atoms. The number of nitrogens with zero attached hydrogens (tertiary/aromatic N) is 2. The van der Waals surface area contributed by atoms with Gasteiger partial charge in [-0.2, -0.15) is 0 Å². The van der Waals surface area contributed by atoms with E-state index in [-0.39, 0.29) is 18.4 Å². The number of hydrogen-bond acceptors (Lipinski definition) is 2. The van der Waals surface area contributed by atoms with Gasteiger partial charge in [0, 0.05) is 37.2 Å². The SMILES string of the molecule is CCN(CC)C(=O)CN(C)C(=O)Cc1c[nH]c2ccccc12. The molecular weight excluding hydrogens is 278 g/mol. The maximum atomic E-state index is 12.3. The van der Waals surface area contributed by atoms with Gasteiger partial charge in [0.15, 0.2) is 0 Å². The largest absolute Gasteiger partial charge is 0.361 e. The predicted octanol–water partition coefficient (Wildman–Crippen LogP) is 2.04. The van der Waals surface area contributed by atoms with Crippen LogP contribution in [0, 0.1) is 0 Å². The molecule has 5 heteroatoms. The maximum Gasteiger partial charge on any atom is 0.242 e. The zero-order chi connectivity index (χ0) is 16.1. The highest BCUT2D eigenvalue weighted by Gasteiger charge is 2.17. The van der Waals surface area contributed by atoms with Crippen LogP contribution >= 0.6 is 0 Å². The van der Waals surface area contributed by atoms with Gasteiger partial charge < -0.3 is 14.8 Å². The van der Waals surface area contributed by atoms with Crippen LogP contribution in [0.1, 0.15) is 19.4 Å². The van der Waals surface area contributed by atoms with Gasteiger partial charge in [0.2, 0.25) is 11.8 Å². The lowest BCUT2D eigenvalue weighted by molar-refractivity contribution is -0.138. The molecule has 0 atom stereocenters. The van der Waals surface area contributed by atoms with Crippen LogP contribution in [0.4, 0.5) is 0 Å². The molecule has 0 aliphatic rings. The fraction of sp³-hybridized carbons (Fsp3) is 0.412. The zero-order valence-electron chi connectivity index (χ0n) is 13.4. The summed E-state index contributed by atoms with van der Waals surface area (Å²) in [6.45, 7) is 5.34. The summed E-state index contributed by atoms with van der Waals surface area (Å²) >= 11 is 0. The average Bonchev–Trinajstić information content (AvgIpc) is 2.91. The van der Waals surface area contributed by atoms with Gasteiger partial charge >= 0.3 is 0 Å². The number of rotatable bonds is 6. The Labute approximate surface area is 130 Å². The summed E-state index contributed by atoms with van der Waals surface area (Å²) in [4.78, 5) is 30.8. The van der Waals surface area contributed by atoms with E-state index in [2.05, 4.69) is 4.98 Å². The lowest BCUT2D eigenvalue weighted by atomic mass is 10.1. The Kier molecular flexibility index (Phi) is 5.20. The van der Waals surface area contributed by atoms with E-state index in [4.69, 9.17) is 0 Å². The number of aromatic nitrogens is 1. The summed E-state index contributed by atoms with van der Waals surface area (Å²) in [7, 11) is 1.68. The third-order valence-corrected chi connectivity index (χ3v) is 3.93. The molecule has 1 aromatic carbocycles. The number of benzene rings is 1. The number of carbonyl (C=O) groups excluding carboxylic acids is 2. The number of nitrogens with one attached hydrogen (secondary N) is 1. The Morgan fingerprint density at radius 2 is 1.77 bits per heavy atom. The van der Waals surface area contributed by atoms with Crippen molar-refractivity contribution in [3.8, 4) is 0 Å². The first-order valence-electron chi connectivity index (χ1n) is 7.63. The molecule has 0 radical (unpaired) electrons. The number of para-hydroxylation sites is 1. The second-order valence-corrected chi connectivity index (χ2v) is 5.35. The van der Waals surface area contributed by atoms with Gasteiger partial charge in [-0.05, 0) is 25.5 Å². The van der Waals surface area contributed by atoms with Gasteiger partial charge in [0.05, 0.1) is 13.0 Å². The Morgan fingerprint density at radius 3 is 2.45 bits per heavy atom. The maximum absolute atomic E-state index is 12.3. The minimum Gasteiger partial charge on any atom is -0.361 e. The van der Waals surface area contributed by atoms with Crippen LogP contribution in [-0.4, -0.2) is 53.3 Å². The molecule has 0 saturated heterocycles. The normalized spacial score (nSPS) is 10.7. The summed E-state index contributed by atoms with van der Waals surface area (Å²) in [6, 6.07) is 7.89. The third-order valence-electron chi connectivity index (χ3n) is 3.93. The minimum absolute atomic E-state index is 0.0141. The molecule has 2 aromatic rings. The Morgan fingerprint density at radius 1 is 1.09 bits per heavy atom. The van der Waals surface area contributed by atoms with Gasteiger partial charge in [-0.25, -0.2) is 0 Å². The standard InChI is InChI=1S/C17H23N3O2/c1-4-20(5-2)17(22)12-19(3)16(21)10-13-11-18-15-9-7-6-8-14(13)15/h6-9,11,18H,4-5,10,12H2,1-3H3. The number of carbonyl (C=O) groups is 2. The van der Waals surface area contributed by atoms with Crippen LogP contribution in [-0.2, 0) is 16.0 Å². The average molecular weight is 301 g/mol. The highest BCUT2D eigenvalue weighted by molar-refractivity contribution is 5.90. The van der Waals surface area contributed by atoms with Gasteiger partial charge in [-0.3, -0.25) is 9.59 Å². The lowest BCUT2D eigenvalue weighted by Crippen LogP contribution is -2.41. The fourth-order valence-electron chi connectivity index (χ4n) is 2.54. The van der Waals surface area contributed by atoms with E-state index in [0.717, 1.165) is 16.5 Å². The molecule has 22 heavy (non-hydrogen) atoms. The monoisotopic (exact) mass is 301 g/mol. The lowest BCUT2D eigenvalue weighted by Gasteiger charge is -2.23. The molecule has 0 aliphatic heterocycles. The number of hydrogen-bond donors (Lipinski definition) is 1. The zero-order valence-corrected chi connectivity index (χ0v) is 13.4. The summed E-state index contributed by atoms with van der Waals surface area (Å²) in [5.41, 5.74) is 1.98. The molecule has 1 N–H and O–H groups in total. The molecule has 0 saturated carbocycles. The number of amides is 2. The number of fused-ring (bicyclic) bond motifs is 1. The van der Waals surface area contributed by atoms with Crippen LogP contribution in [0.2, 0.25) is 0 Å². The molecule has 118 valence electrons. The molecule has 1 aromatic heterocycles. The fourth-order valence-corrected chi connectivity index (χ4v) is 2.54. The molecule has 0 fully saturated rings. The number of H-pyrrole nitrogens is 1. The van der Waals surface area contributed by atoms with Crippen LogP contribution in [0.15, 0.2) is 30.5 Å². The van der Waals surface area contributed by atoms with Crippen molar-refractivity contribution < 1.29 is 9.59 Å². The van der Waals surface area contributed by atoms with Crippen molar-refractivity contribution in [3.63, 3.8) is 0 Å². The van der Waals surface area contributed by atoms with E-state index in [1.165, 1.54) is 4.90 Å². The van der Waals surface area contributed by atoms with E-state index in [0.29, 0.717) is 19.5 Å². The van der Waals surface area contributed by atoms with Gasteiger partial charge in [0.25, 0.3) is 0 Å². The number of aromatic amines is 1. The van der Waals surface area contributed by atoms with Crippen molar-refractivity contribution in [1.29, 1.82) is 0 Å². The first kappa shape index (κ1) is 16.1. The van der Waals surface area contributed by atoms with Crippen molar-refractivity contribution in [2.24, 2.45) is 0 Å².